The first-order valence-corrected chi connectivity index (χ1v) is 5.96. The Balaban J connectivity index is 2.25. The second-order valence-electron chi connectivity index (χ2n) is 4.23. The molecule has 1 atom stereocenters. The van der Waals surface area contributed by atoms with Crippen LogP contribution in [0.25, 0.3) is 0 Å². The molecule has 1 aliphatic rings. The van der Waals surface area contributed by atoms with Gasteiger partial charge in [0, 0.05) is 12.7 Å². The molecule has 1 saturated heterocycles. The summed E-state index contributed by atoms with van der Waals surface area (Å²) in [5, 5.41) is 18.2. The summed E-state index contributed by atoms with van der Waals surface area (Å²) >= 11 is 0. The quantitative estimate of drug-likeness (QED) is 0.826. The van der Waals surface area contributed by atoms with Crippen molar-refractivity contribution < 1.29 is 5.11 Å². The minimum atomic E-state index is 0.0754. The minimum absolute atomic E-state index is 0.0754. The van der Waals surface area contributed by atoms with Crippen LogP contribution in [0.15, 0.2) is 12.3 Å². The van der Waals surface area contributed by atoms with Crippen molar-refractivity contribution in [2.75, 3.05) is 18.1 Å². The van der Waals surface area contributed by atoms with E-state index in [9.17, 15) is 5.11 Å². The average molecular weight is 232 g/mol. The van der Waals surface area contributed by atoms with Gasteiger partial charge in [0.2, 0.25) is 5.95 Å². The van der Waals surface area contributed by atoms with E-state index in [0.717, 1.165) is 25.8 Å². The van der Waals surface area contributed by atoms with E-state index in [1.165, 1.54) is 6.42 Å². The lowest BCUT2D eigenvalue weighted by Crippen LogP contribution is -2.38. The molecule has 0 bridgehead atoms. The van der Waals surface area contributed by atoms with Gasteiger partial charge in [0.25, 0.3) is 0 Å². The maximum atomic E-state index is 9.41. The van der Waals surface area contributed by atoms with Gasteiger partial charge in [-0.3, -0.25) is 0 Å². The van der Waals surface area contributed by atoms with Gasteiger partial charge in [0.1, 0.15) is 11.8 Å². The van der Waals surface area contributed by atoms with Crippen molar-refractivity contribution in [1.82, 2.24) is 9.97 Å². The van der Waals surface area contributed by atoms with E-state index in [1.54, 1.807) is 12.3 Å². The van der Waals surface area contributed by atoms with Crippen LogP contribution in [-0.4, -0.2) is 34.3 Å². The molecule has 0 radical (unpaired) electrons. The van der Waals surface area contributed by atoms with Crippen molar-refractivity contribution in [3.63, 3.8) is 0 Å². The Morgan fingerprint density at radius 3 is 3.12 bits per heavy atom. The monoisotopic (exact) mass is 232 g/mol. The molecular weight excluding hydrogens is 216 g/mol. The van der Waals surface area contributed by atoms with Crippen LogP contribution in [-0.2, 0) is 0 Å². The lowest BCUT2D eigenvalue weighted by molar-refractivity contribution is 0.254. The number of nitrogens with zero attached hydrogens (tertiary/aromatic N) is 4. The Hall–Kier alpha value is -1.67. The van der Waals surface area contributed by atoms with E-state index in [-0.39, 0.29) is 12.6 Å². The Morgan fingerprint density at radius 2 is 2.35 bits per heavy atom. The molecule has 5 nitrogen and oxygen atoms in total. The Morgan fingerprint density at radius 1 is 1.47 bits per heavy atom. The van der Waals surface area contributed by atoms with Crippen molar-refractivity contribution in [2.45, 2.75) is 31.7 Å². The summed E-state index contributed by atoms with van der Waals surface area (Å²) in [5.74, 6) is 0.560. The zero-order valence-corrected chi connectivity index (χ0v) is 9.71. The smallest absolute Gasteiger partial charge is 0.226 e. The van der Waals surface area contributed by atoms with Gasteiger partial charge in [-0.25, -0.2) is 9.97 Å². The first kappa shape index (κ1) is 11.8. The van der Waals surface area contributed by atoms with Crippen molar-refractivity contribution in [3.05, 3.63) is 18.0 Å². The molecule has 2 rings (SSSR count). The van der Waals surface area contributed by atoms with Gasteiger partial charge in [-0.05, 0) is 18.9 Å². The molecule has 0 saturated carbocycles. The van der Waals surface area contributed by atoms with Gasteiger partial charge in [-0.15, -0.1) is 0 Å². The number of aromatic nitrogens is 2. The summed E-state index contributed by atoms with van der Waals surface area (Å²) < 4.78 is 0. The highest BCUT2D eigenvalue weighted by molar-refractivity contribution is 5.35. The Labute approximate surface area is 101 Å². The summed E-state index contributed by atoms with van der Waals surface area (Å²) in [6, 6.07) is 3.68. The molecular formula is C12H16N4O. The normalized spacial score (nSPS) is 20.7. The number of aliphatic hydroxyl groups is 1. The van der Waals surface area contributed by atoms with Gasteiger partial charge in [-0.1, -0.05) is 12.8 Å². The number of hydrogen-bond donors (Lipinski definition) is 1. The standard InChI is InChI=1S/C12H16N4O/c13-8-10-5-6-14-12(15-10)16-7-3-1-2-4-11(16)9-17/h5-6,11,17H,1-4,7,9H2. The molecule has 90 valence electrons. The lowest BCUT2D eigenvalue weighted by atomic mass is 10.1. The summed E-state index contributed by atoms with van der Waals surface area (Å²) in [4.78, 5) is 10.4. The van der Waals surface area contributed by atoms with E-state index >= 15 is 0 Å². The maximum Gasteiger partial charge on any atom is 0.226 e. The van der Waals surface area contributed by atoms with Gasteiger partial charge in [0.05, 0.1) is 12.6 Å². The number of aliphatic hydroxyl groups excluding tert-OH is 1. The molecule has 0 spiro atoms. The summed E-state index contributed by atoms with van der Waals surface area (Å²) in [6.45, 7) is 0.959. The van der Waals surface area contributed by atoms with Crippen molar-refractivity contribution in [3.8, 4) is 6.07 Å². The zero-order chi connectivity index (χ0) is 12.1. The fourth-order valence-corrected chi connectivity index (χ4v) is 2.18. The number of nitriles is 1. The third kappa shape index (κ3) is 2.71. The van der Waals surface area contributed by atoms with Gasteiger partial charge >= 0.3 is 0 Å². The Kier molecular flexibility index (Phi) is 3.89. The van der Waals surface area contributed by atoms with Crippen LogP contribution < -0.4 is 4.90 Å². The van der Waals surface area contributed by atoms with Crippen LogP contribution in [0.4, 0.5) is 5.95 Å². The second-order valence-corrected chi connectivity index (χ2v) is 4.23. The van der Waals surface area contributed by atoms with Crippen LogP contribution >= 0.6 is 0 Å². The third-order valence-electron chi connectivity index (χ3n) is 3.10. The molecule has 0 aliphatic carbocycles. The topological polar surface area (TPSA) is 73.0 Å². The molecule has 0 amide bonds. The molecule has 1 N–H and O–H groups in total. The molecule has 17 heavy (non-hydrogen) atoms. The van der Waals surface area contributed by atoms with Crippen molar-refractivity contribution in [1.29, 1.82) is 5.26 Å². The van der Waals surface area contributed by atoms with E-state index in [1.807, 2.05) is 11.0 Å². The first-order chi connectivity index (χ1) is 8.35. The van der Waals surface area contributed by atoms with E-state index in [4.69, 9.17) is 5.26 Å². The van der Waals surface area contributed by atoms with Crippen LogP contribution in [0.3, 0.4) is 0 Å². The highest BCUT2D eigenvalue weighted by Crippen LogP contribution is 2.20. The van der Waals surface area contributed by atoms with E-state index in [0.29, 0.717) is 11.6 Å². The van der Waals surface area contributed by atoms with Crippen LogP contribution in [0.1, 0.15) is 31.4 Å². The van der Waals surface area contributed by atoms with Gasteiger partial charge in [-0.2, -0.15) is 5.26 Å². The zero-order valence-electron chi connectivity index (χ0n) is 9.71. The summed E-state index contributed by atoms with van der Waals surface area (Å²) in [5.41, 5.74) is 0.371. The van der Waals surface area contributed by atoms with Crippen molar-refractivity contribution in [2.24, 2.45) is 0 Å². The third-order valence-corrected chi connectivity index (χ3v) is 3.10. The molecule has 2 heterocycles. The molecule has 5 heteroatoms. The first-order valence-electron chi connectivity index (χ1n) is 5.96. The predicted octanol–water partition coefficient (Wildman–Crippen LogP) is 1.09. The molecule has 1 fully saturated rings. The van der Waals surface area contributed by atoms with Crippen LogP contribution in [0.2, 0.25) is 0 Å². The molecule has 1 aliphatic heterocycles. The maximum absolute atomic E-state index is 9.41. The fourth-order valence-electron chi connectivity index (χ4n) is 2.18. The number of hydrogen-bond acceptors (Lipinski definition) is 5. The SMILES string of the molecule is N#Cc1ccnc(N2CCCCCC2CO)n1. The average Bonchev–Trinajstić information content (AvgIpc) is 2.63. The highest BCUT2D eigenvalue weighted by atomic mass is 16.3. The van der Waals surface area contributed by atoms with Gasteiger partial charge < -0.3 is 10.0 Å². The van der Waals surface area contributed by atoms with Crippen LogP contribution in [0, 0.1) is 11.3 Å². The summed E-state index contributed by atoms with van der Waals surface area (Å²) in [6.07, 6.45) is 5.93. The molecule has 1 aromatic rings. The molecule has 0 aromatic carbocycles. The fraction of sp³-hybridized carbons (Fsp3) is 0.583. The lowest BCUT2D eigenvalue weighted by Gasteiger charge is -2.28. The number of rotatable bonds is 2. The predicted molar refractivity (Wildman–Crippen MR) is 63.4 cm³/mol. The van der Waals surface area contributed by atoms with E-state index < -0.39 is 0 Å². The minimum Gasteiger partial charge on any atom is -0.394 e. The van der Waals surface area contributed by atoms with Crippen molar-refractivity contribution >= 4 is 5.95 Å². The molecule has 1 unspecified atom stereocenters. The highest BCUT2D eigenvalue weighted by Gasteiger charge is 2.22. The van der Waals surface area contributed by atoms with Gasteiger partial charge in [0.15, 0.2) is 0 Å². The summed E-state index contributed by atoms with van der Waals surface area (Å²) in [7, 11) is 0. The largest absolute Gasteiger partial charge is 0.394 e. The molecule has 1 aromatic heterocycles. The van der Waals surface area contributed by atoms with Crippen LogP contribution in [0.5, 0.6) is 0 Å². The Bertz CT molecular complexity index is 415. The van der Waals surface area contributed by atoms with E-state index in [2.05, 4.69) is 9.97 Å². The second kappa shape index (κ2) is 5.60. The number of anilines is 1.